The van der Waals surface area contributed by atoms with Crippen molar-refractivity contribution in [1.29, 1.82) is 0 Å². The molecule has 1 aliphatic rings. The third-order valence-corrected chi connectivity index (χ3v) is 6.49. The second-order valence-corrected chi connectivity index (χ2v) is 10.0. The predicted octanol–water partition coefficient (Wildman–Crippen LogP) is 6.17. The number of aryl methyl sites for hydroxylation is 3. The highest BCUT2D eigenvalue weighted by molar-refractivity contribution is 6.13. The average molecular weight is 397 g/mol. The smallest absolute Gasteiger partial charge is 0.287 e. The predicted molar refractivity (Wildman–Crippen MR) is 127 cm³/mol. The van der Waals surface area contributed by atoms with E-state index in [2.05, 4.69) is 94.6 Å². The molecule has 0 radical (unpaired) electrons. The van der Waals surface area contributed by atoms with Crippen LogP contribution in [0.15, 0.2) is 42.7 Å². The molecule has 0 atom stereocenters. The minimum atomic E-state index is 0.233. The fourth-order valence-electron chi connectivity index (χ4n) is 5.27. The van der Waals surface area contributed by atoms with Crippen LogP contribution in [0.1, 0.15) is 37.5 Å². The first-order valence-electron chi connectivity index (χ1n) is 10.7. The Morgan fingerprint density at radius 2 is 1.67 bits per heavy atom. The SMILES string of the molecule is Cc1c2c(c(C)c3ccccc13)N(C)c1cc(CC(C)(C)C)cc3nc[n+](C)c-2c13. The first-order chi connectivity index (χ1) is 14.2. The number of aromatic nitrogens is 2. The maximum Gasteiger partial charge on any atom is 0.287 e. The Morgan fingerprint density at radius 3 is 2.33 bits per heavy atom. The molecule has 2 heterocycles. The van der Waals surface area contributed by atoms with Gasteiger partial charge in [-0.15, -0.1) is 0 Å². The van der Waals surface area contributed by atoms with Gasteiger partial charge in [0.15, 0.2) is 5.52 Å². The Labute approximate surface area is 179 Å². The number of hydrogen-bond donors (Lipinski definition) is 0. The van der Waals surface area contributed by atoms with Crippen LogP contribution in [0.3, 0.4) is 0 Å². The molecule has 0 aliphatic carbocycles. The number of fused-ring (bicyclic) bond motifs is 3. The lowest BCUT2D eigenvalue weighted by Crippen LogP contribution is -2.34. The molecule has 0 spiro atoms. The highest BCUT2D eigenvalue weighted by Crippen LogP contribution is 2.50. The lowest BCUT2D eigenvalue weighted by molar-refractivity contribution is -0.662. The highest BCUT2D eigenvalue weighted by Gasteiger charge is 2.33. The summed E-state index contributed by atoms with van der Waals surface area (Å²) in [4.78, 5) is 7.23. The molecule has 1 aliphatic heterocycles. The maximum absolute atomic E-state index is 4.83. The quantitative estimate of drug-likeness (QED) is 0.359. The Hall–Kier alpha value is -2.94. The zero-order valence-electron chi connectivity index (χ0n) is 19.1. The van der Waals surface area contributed by atoms with Crippen LogP contribution in [0.5, 0.6) is 0 Å². The van der Waals surface area contributed by atoms with Crippen molar-refractivity contribution in [3.63, 3.8) is 0 Å². The Morgan fingerprint density at radius 1 is 1.00 bits per heavy atom. The van der Waals surface area contributed by atoms with Crippen LogP contribution in [0.4, 0.5) is 11.4 Å². The third kappa shape index (κ3) is 2.64. The standard InChI is InChI=1S/C27H30N3/c1-16-19-10-8-9-11-20(19)17(2)25-23(16)26-24-21(28-15-29(26)6)12-18(14-27(3,4)5)13-22(24)30(25)7/h8-13,15H,14H2,1-7H3/q+1. The molecule has 0 amide bonds. The van der Waals surface area contributed by atoms with Gasteiger partial charge in [0.05, 0.1) is 23.8 Å². The van der Waals surface area contributed by atoms with Crippen LogP contribution in [0.2, 0.25) is 0 Å². The summed E-state index contributed by atoms with van der Waals surface area (Å²) in [5, 5.41) is 3.92. The molecule has 0 saturated heterocycles. The first-order valence-corrected chi connectivity index (χ1v) is 10.7. The van der Waals surface area contributed by atoms with Crippen LogP contribution in [-0.2, 0) is 13.5 Å². The molecule has 3 aromatic carbocycles. The summed E-state index contributed by atoms with van der Waals surface area (Å²) in [6.07, 6.45) is 3.01. The van der Waals surface area contributed by atoms with Gasteiger partial charge in [-0.05, 0) is 70.3 Å². The van der Waals surface area contributed by atoms with Gasteiger partial charge in [-0.25, -0.2) is 4.57 Å². The van der Waals surface area contributed by atoms with Crippen molar-refractivity contribution in [2.45, 2.75) is 41.0 Å². The van der Waals surface area contributed by atoms with Crippen molar-refractivity contribution >= 4 is 33.1 Å². The van der Waals surface area contributed by atoms with Crippen molar-refractivity contribution < 1.29 is 4.57 Å². The van der Waals surface area contributed by atoms with E-state index in [0.717, 1.165) is 11.9 Å². The summed E-state index contributed by atoms with van der Waals surface area (Å²) in [7, 11) is 4.33. The number of rotatable bonds is 1. The van der Waals surface area contributed by atoms with Gasteiger partial charge in [0.25, 0.3) is 6.33 Å². The third-order valence-electron chi connectivity index (χ3n) is 6.49. The molecule has 1 aromatic heterocycles. The molecule has 3 nitrogen and oxygen atoms in total. The van der Waals surface area contributed by atoms with Crippen LogP contribution >= 0.6 is 0 Å². The van der Waals surface area contributed by atoms with Gasteiger partial charge >= 0.3 is 0 Å². The van der Waals surface area contributed by atoms with E-state index in [9.17, 15) is 0 Å². The van der Waals surface area contributed by atoms with E-state index in [0.29, 0.717) is 0 Å². The summed E-state index contributed by atoms with van der Waals surface area (Å²) in [6.45, 7) is 11.4. The molecule has 30 heavy (non-hydrogen) atoms. The van der Waals surface area contributed by atoms with E-state index < -0.39 is 0 Å². The molecule has 4 aromatic rings. The van der Waals surface area contributed by atoms with Gasteiger partial charge in [-0.2, -0.15) is 0 Å². The van der Waals surface area contributed by atoms with Crippen LogP contribution in [0.25, 0.3) is 32.9 Å². The molecule has 0 saturated carbocycles. The van der Waals surface area contributed by atoms with Crippen molar-refractivity contribution in [3.05, 3.63) is 59.4 Å². The maximum atomic E-state index is 4.83. The van der Waals surface area contributed by atoms with E-state index in [1.54, 1.807) is 0 Å². The van der Waals surface area contributed by atoms with Crippen molar-refractivity contribution in [2.75, 3.05) is 11.9 Å². The largest absolute Gasteiger partial charge is 0.343 e. The van der Waals surface area contributed by atoms with Gasteiger partial charge in [-0.3, -0.25) is 0 Å². The molecule has 0 bridgehead atoms. The van der Waals surface area contributed by atoms with Crippen molar-refractivity contribution in [1.82, 2.24) is 4.98 Å². The molecular weight excluding hydrogens is 366 g/mol. The topological polar surface area (TPSA) is 20.0 Å². The molecule has 0 N–H and O–H groups in total. The molecule has 3 heteroatoms. The average Bonchev–Trinajstić information content (AvgIpc) is 2.68. The molecule has 0 fully saturated rings. The van der Waals surface area contributed by atoms with Crippen LogP contribution in [0, 0.1) is 19.3 Å². The summed E-state index contributed by atoms with van der Waals surface area (Å²) < 4.78 is 2.20. The molecule has 5 rings (SSSR count). The van der Waals surface area contributed by atoms with Gasteiger partial charge in [0.2, 0.25) is 0 Å². The fraction of sp³-hybridized carbons (Fsp3) is 0.333. The lowest BCUT2D eigenvalue weighted by atomic mass is 9.84. The second-order valence-electron chi connectivity index (χ2n) is 10.0. The minimum Gasteiger partial charge on any atom is -0.343 e. The Kier molecular flexibility index (Phi) is 3.99. The van der Waals surface area contributed by atoms with E-state index >= 15 is 0 Å². The summed E-state index contributed by atoms with van der Waals surface area (Å²) >= 11 is 0. The highest BCUT2D eigenvalue weighted by atomic mass is 15.1. The summed E-state index contributed by atoms with van der Waals surface area (Å²) in [6, 6.07) is 13.5. The normalized spacial score (nSPS) is 13.2. The first kappa shape index (κ1) is 19.0. The second kappa shape index (κ2) is 6.28. The van der Waals surface area contributed by atoms with E-state index in [-0.39, 0.29) is 5.41 Å². The number of anilines is 2. The zero-order chi connectivity index (χ0) is 21.4. The minimum absolute atomic E-state index is 0.233. The number of benzene rings is 3. The van der Waals surface area contributed by atoms with E-state index in [1.165, 1.54) is 55.5 Å². The van der Waals surface area contributed by atoms with Gasteiger partial charge < -0.3 is 4.90 Å². The molecule has 0 unspecified atom stereocenters. The number of nitrogens with zero attached hydrogens (tertiary/aromatic N) is 3. The molecule has 152 valence electrons. The monoisotopic (exact) mass is 396 g/mol. The van der Waals surface area contributed by atoms with Crippen LogP contribution in [-0.4, -0.2) is 12.0 Å². The summed E-state index contributed by atoms with van der Waals surface area (Å²) in [5.41, 5.74) is 10.5. The zero-order valence-corrected chi connectivity index (χ0v) is 19.1. The summed E-state index contributed by atoms with van der Waals surface area (Å²) in [5.74, 6) is 0. The van der Waals surface area contributed by atoms with Crippen molar-refractivity contribution in [2.24, 2.45) is 12.5 Å². The fourth-order valence-corrected chi connectivity index (χ4v) is 5.27. The van der Waals surface area contributed by atoms with E-state index in [1.807, 2.05) is 6.33 Å². The van der Waals surface area contributed by atoms with E-state index in [4.69, 9.17) is 4.98 Å². The van der Waals surface area contributed by atoms with Gasteiger partial charge in [0, 0.05) is 12.6 Å². The lowest BCUT2D eigenvalue weighted by Gasteiger charge is -2.33. The van der Waals surface area contributed by atoms with Gasteiger partial charge in [0.1, 0.15) is 5.69 Å². The van der Waals surface area contributed by atoms with Crippen LogP contribution < -0.4 is 9.47 Å². The Balaban J connectivity index is 1.94. The molecular formula is C27H30N3+. The van der Waals surface area contributed by atoms with Gasteiger partial charge in [-0.1, -0.05) is 45.0 Å². The number of hydrogen-bond acceptors (Lipinski definition) is 2. The van der Waals surface area contributed by atoms with Crippen molar-refractivity contribution in [3.8, 4) is 11.3 Å². The Bertz CT molecular complexity index is 1340.